The number of nitrogens with one attached hydrogen (secondary N) is 1. The first-order valence-electron chi connectivity index (χ1n) is 9.63. The number of nitrogens with zero attached hydrogens (tertiary/aromatic N) is 1. The van der Waals surface area contributed by atoms with Crippen LogP contribution in [0, 0.1) is 0 Å². The molecule has 0 saturated carbocycles. The summed E-state index contributed by atoms with van der Waals surface area (Å²) in [6.45, 7) is 2.66. The largest absolute Gasteiger partial charge is 0.354 e. The fourth-order valence-corrected chi connectivity index (χ4v) is 3.43. The molecule has 0 unspecified atom stereocenters. The number of likely N-dealkylation sites (N-methyl/N-ethyl adjacent to an activating group) is 1. The third-order valence-corrected chi connectivity index (χ3v) is 5.62. The zero-order chi connectivity index (χ0) is 20.5. The molecule has 0 heterocycles. The molecule has 1 amide bonds. The molecule has 5 heteroatoms. The molecular weight excluding hydrogens is 368 g/mol. The van der Waals surface area contributed by atoms with Gasteiger partial charge in [0.25, 0.3) is 0 Å². The quantitative estimate of drug-likeness (QED) is 0.477. The molecule has 0 fully saturated rings. The molecule has 2 aromatic carbocycles. The van der Waals surface area contributed by atoms with Gasteiger partial charge in [0.15, 0.2) is 5.78 Å². The van der Waals surface area contributed by atoms with Crippen LogP contribution in [0.2, 0.25) is 0 Å². The van der Waals surface area contributed by atoms with Gasteiger partial charge in [-0.2, -0.15) is 0 Å². The lowest BCUT2D eigenvalue weighted by molar-refractivity contribution is -0.121. The van der Waals surface area contributed by atoms with Crippen LogP contribution >= 0.6 is 11.8 Å². The number of carbonyl (C=O) groups excluding carboxylic acids is 2. The predicted octanol–water partition coefficient (Wildman–Crippen LogP) is 4.35. The van der Waals surface area contributed by atoms with Crippen molar-refractivity contribution in [2.24, 2.45) is 0 Å². The summed E-state index contributed by atoms with van der Waals surface area (Å²) in [5.41, 5.74) is 3.13. The molecule has 0 aliphatic rings. The lowest BCUT2D eigenvalue weighted by Crippen LogP contribution is -2.34. The fraction of sp³-hybridized carbons (Fsp3) is 0.391. The van der Waals surface area contributed by atoms with E-state index in [0.717, 1.165) is 11.3 Å². The van der Waals surface area contributed by atoms with Crippen molar-refractivity contribution in [2.45, 2.75) is 37.1 Å². The number of rotatable bonds is 10. The van der Waals surface area contributed by atoms with E-state index in [9.17, 15) is 9.59 Å². The first-order valence-corrected chi connectivity index (χ1v) is 10.9. The highest BCUT2D eigenvalue weighted by Crippen LogP contribution is 2.19. The second-order valence-corrected chi connectivity index (χ2v) is 7.91. The van der Waals surface area contributed by atoms with Crippen LogP contribution in [0.5, 0.6) is 0 Å². The summed E-state index contributed by atoms with van der Waals surface area (Å²) in [6, 6.07) is 16.1. The van der Waals surface area contributed by atoms with E-state index >= 15 is 0 Å². The van der Waals surface area contributed by atoms with Gasteiger partial charge < -0.3 is 10.2 Å². The molecule has 150 valence electrons. The summed E-state index contributed by atoms with van der Waals surface area (Å²) in [4.78, 5) is 27.8. The number of benzene rings is 2. The van der Waals surface area contributed by atoms with Crippen molar-refractivity contribution in [3.8, 4) is 0 Å². The van der Waals surface area contributed by atoms with E-state index in [1.54, 1.807) is 11.8 Å². The van der Waals surface area contributed by atoms with Crippen LogP contribution in [0.15, 0.2) is 53.4 Å². The van der Waals surface area contributed by atoms with Crippen molar-refractivity contribution < 1.29 is 9.59 Å². The Morgan fingerprint density at radius 2 is 1.64 bits per heavy atom. The molecule has 2 aromatic rings. The van der Waals surface area contributed by atoms with Crippen molar-refractivity contribution in [3.05, 3.63) is 65.2 Å². The molecule has 4 nitrogen and oxygen atoms in total. The van der Waals surface area contributed by atoms with Gasteiger partial charge in [0.05, 0.1) is 6.04 Å². The normalized spacial score (nSPS) is 12.0. The second kappa shape index (κ2) is 11.0. The molecule has 2 rings (SSSR count). The number of Topliss-reactive ketones (excluding diaryl/α,β-unsaturated/α-hetero) is 1. The highest BCUT2D eigenvalue weighted by atomic mass is 32.2. The van der Waals surface area contributed by atoms with Crippen molar-refractivity contribution in [2.75, 3.05) is 26.9 Å². The first-order chi connectivity index (χ1) is 13.4. The number of hydrogen-bond donors (Lipinski definition) is 1. The van der Waals surface area contributed by atoms with Crippen molar-refractivity contribution in [1.29, 1.82) is 0 Å². The average molecular weight is 399 g/mol. The van der Waals surface area contributed by atoms with E-state index in [1.165, 1.54) is 11.1 Å². The van der Waals surface area contributed by atoms with Crippen LogP contribution in [0.3, 0.4) is 0 Å². The van der Waals surface area contributed by atoms with Gasteiger partial charge in [0, 0.05) is 29.8 Å². The van der Waals surface area contributed by atoms with Gasteiger partial charge in [0.1, 0.15) is 0 Å². The summed E-state index contributed by atoms with van der Waals surface area (Å²) in [5, 5.41) is 2.98. The molecule has 0 aliphatic carbocycles. The highest BCUT2D eigenvalue weighted by Gasteiger charge is 2.16. The fourth-order valence-electron chi connectivity index (χ4n) is 3.02. The maximum Gasteiger partial charge on any atom is 0.220 e. The maximum absolute atomic E-state index is 12.3. The Bertz CT molecular complexity index is 770. The number of hydrogen-bond acceptors (Lipinski definition) is 4. The minimum atomic E-state index is -0.0916. The van der Waals surface area contributed by atoms with E-state index in [1.807, 2.05) is 44.6 Å². The molecule has 0 saturated heterocycles. The molecule has 1 N–H and O–H groups in total. The summed E-state index contributed by atoms with van der Waals surface area (Å²) in [5.74, 6) is -0.0896. The number of amides is 1. The van der Waals surface area contributed by atoms with Gasteiger partial charge in [-0.05, 0) is 50.0 Å². The van der Waals surface area contributed by atoms with Crippen LogP contribution in [-0.2, 0) is 11.2 Å². The Kier molecular flexibility index (Phi) is 8.74. The van der Waals surface area contributed by atoms with Gasteiger partial charge in [-0.3, -0.25) is 9.59 Å². The number of thioether (sulfide) groups is 1. The summed E-state index contributed by atoms with van der Waals surface area (Å²) in [6.07, 6.45) is 3.44. The SMILES string of the molecule is CCc1ccc([C@H](CNC(=O)CCC(=O)c2ccc(SC)cc2)N(C)C)cc1. The zero-order valence-corrected chi connectivity index (χ0v) is 18.0. The molecule has 0 spiro atoms. The van der Waals surface area contributed by atoms with E-state index in [4.69, 9.17) is 0 Å². The average Bonchev–Trinajstić information content (AvgIpc) is 2.72. The highest BCUT2D eigenvalue weighted by molar-refractivity contribution is 7.98. The molecule has 1 atom stereocenters. The summed E-state index contributed by atoms with van der Waals surface area (Å²) in [7, 11) is 4.01. The standard InChI is InChI=1S/C23H30N2O2S/c1-5-17-6-8-18(9-7-17)21(25(2)3)16-24-23(27)15-14-22(26)19-10-12-20(28-4)13-11-19/h6-13,21H,5,14-16H2,1-4H3,(H,24,27)/t21-/m0/s1. The van der Waals surface area contributed by atoms with E-state index in [0.29, 0.717) is 12.1 Å². The van der Waals surface area contributed by atoms with Crippen LogP contribution in [0.4, 0.5) is 0 Å². The minimum Gasteiger partial charge on any atom is -0.354 e. The predicted molar refractivity (Wildman–Crippen MR) is 117 cm³/mol. The third kappa shape index (κ3) is 6.50. The van der Waals surface area contributed by atoms with Crippen molar-refractivity contribution in [1.82, 2.24) is 10.2 Å². The van der Waals surface area contributed by atoms with E-state index < -0.39 is 0 Å². The molecular formula is C23H30N2O2S. The molecule has 0 aliphatic heterocycles. The number of aryl methyl sites for hydroxylation is 1. The Hall–Kier alpha value is -2.11. The number of ketones is 1. The van der Waals surface area contributed by atoms with Crippen molar-refractivity contribution in [3.63, 3.8) is 0 Å². The maximum atomic E-state index is 12.3. The Balaban J connectivity index is 1.85. The lowest BCUT2D eigenvalue weighted by Gasteiger charge is -2.25. The van der Waals surface area contributed by atoms with Crippen LogP contribution in [-0.4, -0.2) is 43.5 Å². The zero-order valence-electron chi connectivity index (χ0n) is 17.2. The van der Waals surface area contributed by atoms with E-state index in [2.05, 4.69) is 41.4 Å². The molecule has 28 heavy (non-hydrogen) atoms. The summed E-state index contributed by atoms with van der Waals surface area (Å²) < 4.78 is 0. The lowest BCUT2D eigenvalue weighted by atomic mass is 10.0. The van der Waals surface area contributed by atoms with Gasteiger partial charge in [-0.1, -0.05) is 43.3 Å². The molecule has 0 radical (unpaired) electrons. The van der Waals surface area contributed by atoms with Crippen LogP contribution < -0.4 is 5.32 Å². The monoisotopic (exact) mass is 398 g/mol. The van der Waals surface area contributed by atoms with Crippen LogP contribution in [0.25, 0.3) is 0 Å². The topological polar surface area (TPSA) is 49.4 Å². The van der Waals surface area contributed by atoms with Gasteiger partial charge in [-0.15, -0.1) is 11.8 Å². The smallest absolute Gasteiger partial charge is 0.220 e. The number of carbonyl (C=O) groups is 2. The Morgan fingerprint density at radius 3 is 2.18 bits per heavy atom. The van der Waals surface area contributed by atoms with E-state index in [-0.39, 0.29) is 30.6 Å². The molecule has 0 aromatic heterocycles. The molecule has 0 bridgehead atoms. The minimum absolute atomic E-state index is 0.00196. The second-order valence-electron chi connectivity index (χ2n) is 7.03. The van der Waals surface area contributed by atoms with Crippen LogP contribution in [0.1, 0.15) is 47.3 Å². The van der Waals surface area contributed by atoms with Crippen molar-refractivity contribution >= 4 is 23.5 Å². The van der Waals surface area contributed by atoms with Gasteiger partial charge in [-0.25, -0.2) is 0 Å². The van der Waals surface area contributed by atoms with Gasteiger partial charge >= 0.3 is 0 Å². The Morgan fingerprint density at radius 1 is 1.00 bits per heavy atom. The first kappa shape index (κ1) is 22.2. The Labute approximate surface area is 172 Å². The third-order valence-electron chi connectivity index (χ3n) is 4.88. The summed E-state index contributed by atoms with van der Waals surface area (Å²) >= 11 is 1.64. The van der Waals surface area contributed by atoms with Gasteiger partial charge in [0.2, 0.25) is 5.91 Å².